The summed E-state index contributed by atoms with van der Waals surface area (Å²) in [6.45, 7) is 3.89. The summed E-state index contributed by atoms with van der Waals surface area (Å²) in [5, 5.41) is 2.86. The van der Waals surface area contributed by atoms with E-state index in [1.807, 2.05) is 24.3 Å². The van der Waals surface area contributed by atoms with Crippen LogP contribution in [0.3, 0.4) is 0 Å². The van der Waals surface area contributed by atoms with Gasteiger partial charge in [0.2, 0.25) is 5.91 Å². The van der Waals surface area contributed by atoms with Crippen LogP contribution in [0, 0.1) is 6.92 Å². The quantitative estimate of drug-likeness (QED) is 0.860. The van der Waals surface area contributed by atoms with Crippen LogP contribution >= 0.6 is 0 Å². The highest BCUT2D eigenvalue weighted by atomic mass is 16.5. The van der Waals surface area contributed by atoms with Crippen LogP contribution in [0.15, 0.2) is 42.5 Å². The van der Waals surface area contributed by atoms with E-state index in [9.17, 15) is 9.59 Å². The summed E-state index contributed by atoms with van der Waals surface area (Å²) in [5.41, 5.74) is 3.99. The summed E-state index contributed by atoms with van der Waals surface area (Å²) in [7, 11) is 1.34. The van der Waals surface area contributed by atoms with Crippen molar-refractivity contribution in [2.75, 3.05) is 12.4 Å². The molecule has 4 nitrogen and oxygen atoms in total. The van der Waals surface area contributed by atoms with Gasteiger partial charge in [0, 0.05) is 5.69 Å². The van der Waals surface area contributed by atoms with Crippen molar-refractivity contribution in [1.29, 1.82) is 0 Å². The third-order valence-corrected chi connectivity index (χ3v) is 3.81. The van der Waals surface area contributed by atoms with E-state index in [1.54, 1.807) is 25.1 Å². The number of hydrogen-bond donors (Lipinski definition) is 1. The Bertz CT molecular complexity index is 705. The second kappa shape index (κ2) is 7.58. The number of rotatable bonds is 5. The van der Waals surface area contributed by atoms with Crippen LogP contribution in [0.2, 0.25) is 0 Å². The standard InChI is InChI=1S/C19H21NO3/c1-4-14-8-10-15(11-9-14)12-18(21)20-17-7-5-6-16(13(17)2)19(22)23-3/h5-11H,4,12H2,1-3H3,(H,20,21). The maximum Gasteiger partial charge on any atom is 0.338 e. The normalized spacial score (nSPS) is 10.2. The number of nitrogens with one attached hydrogen (secondary N) is 1. The number of aryl methyl sites for hydroxylation is 1. The minimum atomic E-state index is -0.409. The second-order valence-corrected chi connectivity index (χ2v) is 5.36. The summed E-state index contributed by atoms with van der Waals surface area (Å²) < 4.78 is 4.74. The molecule has 0 saturated heterocycles. The maximum absolute atomic E-state index is 12.2. The van der Waals surface area contributed by atoms with Crippen LogP contribution in [0.4, 0.5) is 5.69 Å². The Kier molecular flexibility index (Phi) is 5.52. The zero-order valence-corrected chi connectivity index (χ0v) is 13.7. The molecule has 2 aromatic rings. The molecule has 0 aliphatic rings. The molecule has 1 N–H and O–H groups in total. The van der Waals surface area contributed by atoms with Gasteiger partial charge < -0.3 is 10.1 Å². The molecule has 2 rings (SSSR count). The number of esters is 1. The molecule has 0 bridgehead atoms. The largest absolute Gasteiger partial charge is 0.465 e. The van der Waals surface area contributed by atoms with Gasteiger partial charge in [0.1, 0.15) is 0 Å². The molecule has 1 amide bonds. The highest BCUT2D eigenvalue weighted by molar-refractivity contribution is 5.97. The van der Waals surface area contributed by atoms with Gasteiger partial charge in [0.25, 0.3) is 0 Å². The smallest absolute Gasteiger partial charge is 0.338 e. The van der Waals surface area contributed by atoms with Crippen LogP contribution in [-0.4, -0.2) is 19.0 Å². The zero-order chi connectivity index (χ0) is 16.8. The molecular formula is C19H21NO3. The SMILES string of the molecule is CCc1ccc(CC(=O)Nc2cccc(C(=O)OC)c2C)cc1. The lowest BCUT2D eigenvalue weighted by Gasteiger charge is -2.11. The number of hydrogen-bond acceptors (Lipinski definition) is 3. The molecule has 23 heavy (non-hydrogen) atoms. The maximum atomic E-state index is 12.2. The fraction of sp³-hybridized carbons (Fsp3) is 0.263. The average molecular weight is 311 g/mol. The van der Waals surface area contributed by atoms with Crippen LogP contribution in [0.1, 0.15) is 34.0 Å². The van der Waals surface area contributed by atoms with Gasteiger partial charge in [-0.1, -0.05) is 37.3 Å². The number of benzene rings is 2. The predicted molar refractivity (Wildman–Crippen MR) is 90.7 cm³/mol. The first-order chi connectivity index (χ1) is 11.0. The van der Waals surface area contributed by atoms with E-state index in [2.05, 4.69) is 12.2 Å². The van der Waals surface area contributed by atoms with E-state index < -0.39 is 5.97 Å². The minimum Gasteiger partial charge on any atom is -0.465 e. The number of amides is 1. The first-order valence-electron chi connectivity index (χ1n) is 7.60. The monoisotopic (exact) mass is 311 g/mol. The molecular weight excluding hydrogens is 290 g/mol. The van der Waals surface area contributed by atoms with Gasteiger partial charge in [-0.3, -0.25) is 4.79 Å². The van der Waals surface area contributed by atoms with E-state index in [0.717, 1.165) is 12.0 Å². The lowest BCUT2D eigenvalue weighted by Crippen LogP contribution is -2.16. The highest BCUT2D eigenvalue weighted by Crippen LogP contribution is 2.20. The summed E-state index contributed by atoms with van der Waals surface area (Å²) in [6, 6.07) is 13.2. The third kappa shape index (κ3) is 4.19. The number of carbonyl (C=O) groups is 2. The molecule has 0 aromatic heterocycles. The molecule has 0 heterocycles. The molecule has 0 spiro atoms. The van der Waals surface area contributed by atoms with Crippen molar-refractivity contribution in [3.8, 4) is 0 Å². The summed E-state index contributed by atoms with van der Waals surface area (Å²) >= 11 is 0. The van der Waals surface area contributed by atoms with Crippen LogP contribution in [0.5, 0.6) is 0 Å². The molecule has 0 fully saturated rings. The van der Waals surface area contributed by atoms with Crippen molar-refractivity contribution in [3.05, 3.63) is 64.7 Å². The summed E-state index contributed by atoms with van der Waals surface area (Å²) in [4.78, 5) is 23.9. The van der Waals surface area contributed by atoms with E-state index in [-0.39, 0.29) is 5.91 Å². The van der Waals surface area contributed by atoms with Crippen molar-refractivity contribution in [2.24, 2.45) is 0 Å². The molecule has 0 atom stereocenters. The third-order valence-electron chi connectivity index (χ3n) is 3.81. The Morgan fingerprint density at radius 3 is 2.30 bits per heavy atom. The molecule has 0 aliphatic carbocycles. The lowest BCUT2D eigenvalue weighted by atomic mass is 10.1. The fourth-order valence-electron chi connectivity index (χ4n) is 2.37. The highest BCUT2D eigenvalue weighted by Gasteiger charge is 2.13. The van der Waals surface area contributed by atoms with E-state index in [0.29, 0.717) is 23.2 Å². The Hall–Kier alpha value is -2.62. The first kappa shape index (κ1) is 16.7. The first-order valence-corrected chi connectivity index (χ1v) is 7.60. The topological polar surface area (TPSA) is 55.4 Å². The molecule has 0 radical (unpaired) electrons. The molecule has 0 unspecified atom stereocenters. The number of carbonyl (C=O) groups excluding carboxylic acids is 2. The summed E-state index contributed by atoms with van der Waals surface area (Å²) in [6.07, 6.45) is 1.28. The average Bonchev–Trinajstić information content (AvgIpc) is 2.56. The van der Waals surface area contributed by atoms with Crippen LogP contribution in [0.25, 0.3) is 0 Å². The lowest BCUT2D eigenvalue weighted by molar-refractivity contribution is -0.115. The number of anilines is 1. The van der Waals surface area contributed by atoms with E-state index >= 15 is 0 Å². The molecule has 2 aromatic carbocycles. The van der Waals surface area contributed by atoms with Crippen molar-refractivity contribution < 1.29 is 14.3 Å². The summed E-state index contributed by atoms with van der Waals surface area (Å²) in [5.74, 6) is -0.520. The minimum absolute atomic E-state index is 0.112. The number of ether oxygens (including phenoxy) is 1. The Morgan fingerprint density at radius 2 is 1.70 bits per heavy atom. The molecule has 0 saturated carbocycles. The van der Waals surface area contributed by atoms with Crippen LogP contribution in [-0.2, 0) is 22.4 Å². The van der Waals surface area contributed by atoms with Crippen molar-refractivity contribution in [2.45, 2.75) is 26.7 Å². The molecule has 4 heteroatoms. The van der Waals surface area contributed by atoms with Gasteiger partial charge in [0.05, 0.1) is 19.1 Å². The number of methoxy groups -OCH3 is 1. The van der Waals surface area contributed by atoms with Gasteiger partial charge in [-0.15, -0.1) is 0 Å². The van der Waals surface area contributed by atoms with Crippen LogP contribution < -0.4 is 5.32 Å². The fourth-order valence-corrected chi connectivity index (χ4v) is 2.37. The van der Waals surface area contributed by atoms with Crippen molar-refractivity contribution in [1.82, 2.24) is 0 Å². The van der Waals surface area contributed by atoms with Crippen molar-refractivity contribution >= 4 is 17.6 Å². The Balaban J connectivity index is 2.09. The second-order valence-electron chi connectivity index (χ2n) is 5.36. The van der Waals surface area contributed by atoms with Gasteiger partial charge in [-0.2, -0.15) is 0 Å². The van der Waals surface area contributed by atoms with E-state index in [1.165, 1.54) is 12.7 Å². The van der Waals surface area contributed by atoms with Gasteiger partial charge in [0.15, 0.2) is 0 Å². The Labute approximate surface area is 136 Å². The molecule has 120 valence electrons. The molecule has 0 aliphatic heterocycles. The van der Waals surface area contributed by atoms with E-state index in [4.69, 9.17) is 4.74 Å². The Morgan fingerprint density at radius 1 is 1.04 bits per heavy atom. The zero-order valence-electron chi connectivity index (χ0n) is 13.7. The van der Waals surface area contributed by atoms with Gasteiger partial charge in [-0.25, -0.2) is 4.79 Å². The van der Waals surface area contributed by atoms with Gasteiger partial charge >= 0.3 is 5.97 Å². The predicted octanol–water partition coefficient (Wildman–Crippen LogP) is 3.53. The van der Waals surface area contributed by atoms with Crippen molar-refractivity contribution in [3.63, 3.8) is 0 Å². The van der Waals surface area contributed by atoms with Gasteiger partial charge in [-0.05, 0) is 42.2 Å².